The number of aliphatic hydroxyl groups is 2. The Bertz CT molecular complexity index is 925. The van der Waals surface area contributed by atoms with Crippen molar-refractivity contribution < 1.29 is 29.3 Å². The third-order valence-electron chi connectivity index (χ3n) is 6.01. The van der Waals surface area contributed by atoms with E-state index in [1.54, 1.807) is 31.4 Å². The summed E-state index contributed by atoms with van der Waals surface area (Å²) >= 11 is 0. The van der Waals surface area contributed by atoms with E-state index in [4.69, 9.17) is 9.47 Å². The molecule has 33 heavy (non-hydrogen) atoms. The molecule has 6 unspecified atom stereocenters. The van der Waals surface area contributed by atoms with Gasteiger partial charge in [0.25, 0.3) is 5.91 Å². The highest BCUT2D eigenvalue weighted by molar-refractivity contribution is 6.27. The topological polar surface area (TPSA) is 96.3 Å². The number of likely N-dealkylation sites (tertiary alicyclic amines) is 1. The van der Waals surface area contributed by atoms with Crippen molar-refractivity contribution in [2.45, 2.75) is 63.8 Å². The van der Waals surface area contributed by atoms with Crippen LogP contribution in [0.4, 0.5) is 0 Å². The minimum absolute atomic E-state index is 0.0260. The first-order chi connectivity index (χ1) is 15.7. The second kappa shape index (κ2) is 10.9. The first kappa shape index (κ1) is 24.9. The summed E-state index contributed by atoms with van der Waals surface area (Å²) in [4.78, 5) is 26.1. The van der Waals surface area contributed by atoms with Crippen LogP contribution in [0.25, 0.3) is 0 Å². The number of ether oxygens (including phenoxy) is 2. The van der Waals surface area contributed by atoms with Crippen molar-refractivity contribution in [1.29, 1.82) is 0 Å². The summed E-state index contributed by atoms with van der Waals surface area (Å²) in [5, 5.41) is 20.5. The SMILES string of the molecule is CC1CC2OC(/C=C/C=C\C=C\C=C\C=C\C(O)=C3/C(=O)C(C(C)C)N(C)C3=O)C(O)C2O1. The number of carbonyl (C=O) groups is 2. The van der Waals surface area contributed by atoms with E-state index < -0.39 is 18.1 Å². The largest absolute Gasteiger partial charge is 0.507 e. The van der Waals surface area contributed by atoms with E-state index >= 15 is 0 Å². The number of hydrogen-bond acceptors (Lipinski definition) is 6. The van der Waals surface area contributed by atoms with Crippen molar-refractivity contribution in [3.63, 3.8) is 0 Å². The Hall–Kier alpha value is -2.74. The number of hydrogen-bond donors (Lipinski definition) is 2. The summed E-state index contributed by atoms with van der Waals surface area (Å²) in [5.41, 5.74) is -0.160. The number of likely N-dealkylation sites (N-methyl/N-ethyl adjacent to an activating group) is 1. The average Bonchev–Trinajstić information content (AvgIpc) is 3.33. The Morgan fingerprint density at radius 2 is 1.64 bits per heavy atom. The third kappa shape index (κ3) is 5.61. The van der Waals surface area contributed by atoms with Crippen LogP contribution in [0.2, 0.25) is 0 Å². The van der Waals surface area contributed by atoms with Crippen LogP contribution in [0.15, 0.2) is 72.1 Å². The molecule has 0 radical (unpaired) electrons. The van der Waals surface area contributed by atoms with Gasteiger partial charge in [-0.3, -0.25) is 9.59 Å². The van der Waals surface area contributed by atoms with E-state index in [0.717, 1.165) is 6.42 Å². The Kier molecular flexibility index (Phi) is 8.24. The van der Waals surface area contributed by atoms with Crippen molar-refractivity contribution in [2.24, 2.45) is 5.92 Å². The summed E-state index contributed by atoms with van der Waals surface area (Å²) in [7, 11) is 1.57. The molecule has 0 aromatic heterocycles. The van der Waals surface area contributed by atoms with E-state index in [9.17, 15) is 19.8 Å². The molecular formula is C26H33NO6. The van der Waals surface area contributed by atoms with E-state index in [1.807, 2.05) is 51.2 Å². The Morgan fingerprint density at radius 3 is 2.21 bits per heavy atom. The Labute approximate surface area is 195 Å². The summed E-state index contributed by atoms with van der Waals surface area (Å²) in [6, 6.07) is -0.539. The first-order valence-corrected chi connectivity index (χ1v) is 11.3. The fourth-order valence-electron chi connectivity index (χ4n) is 4.44. The second-order valence-corrected chi connectivity index (χ2v) is 8.90. The number of Topliss-reactive ketones (excluding diaryl/α,β-unsaturated/α-hetero) is 1. The van der Waals surface area contributed by atoms with Crippen LogP contribution in [0.1, 0.15) is 27.2 Å². The quantitative estimate of drug-likeness (QED) is 0.265. The summed E-state index contributed by atoms with van der Waals surface area (Å²) in [6.07, 6.45) is 17.0. The lowest BCUT2D eigenvalue weighted by Crippen LogP contribution is -2.36. The molecule has 7 nitrogen and oxygen atoms in total. The van der Waals surface area contributed by atoms with E-state index in [-0.39, 0.29) is 47.4 Å². The zero-order valence-electron chi connectivity index (χ0n) is 19.5. The zero-order valence-corrected chi connectivity index (χ0v) is 19.5. The van der Waals surface area contributed by atoms with Gasteiger partial charge in [0.05, 0.1) is 18.2 Å². The van der Waals surface area contributed by atoms with Gasteiger partial charge in [0, 0.05) is 13.5 Å². The maximum Gasteiger partial charge on any atom is 0.261 e. The molecule has 3 fully saturated rings. The van der Waals surface area contributed by atoms with Gasteiger partial charge >= 0.3 is 0 Å². The normalized spacial score (nSPS) is 34.7. The van der Waals surface area contributed by atoms with Gasteiger partial charge in [0.1, 0.15) is 29.6 Å². The van der Waals surface area contributed by atoms with Gasteiger partial charge < -0.3 is 24.6 Å². The van der Waals surface area contributed by atoms with Gasteiger partial charge in [0.15, 0.2) is 5.78 Å². The van der Waals surface area contributed by atoms with Crippen LogP contribution in [-0.2, 0) is 19.1 Å². The number of carbonyl (C=O) groups excluding carboxylic acids is 2. The average molecular weight is 456 g/mol. The fourth-order valence-corrected chi connectivity index (χ4v) is 4.44. The van der Waals surface area contributed by atoms with Crippen LogP contribution in [0, 0.1) is 5.92 Å². The summed E-state index contributed by atoms with van der Waals surface area (Å²) in [6.45, 7) is 5.72. The highest BCUT2D eigenvalue weighted by Gasteiger charge is 2.48. The molecule has 7 heteroatoms. The molecule has 0 saturated carbocycles. The molecule has 178 valence electrons. The van der Waals surface area contributed by atoms with Crippen LogP contribution in [-0.4, -0.2) is 70.4 Å². The zero-order chi connectivity index (χ0) is 24.1. The number of aliphatic hydroxyl groups excluding tert-OH is 2. The maximum atomic E-state index is 12.5. The first-order valence-electron chi connectivity index (χ1n) is 11.3. The van der Waals surface area contributed by atoms with Gasteiger partial charge in [-0.1, -0.05) is 68.5 Å². The van der Waals surface area contributed by atoms with Crippen LogP contribution in [0.5, 0.6) is 0 Å². The predicted octanol–water partition coefficient (Wildman–Crippen LogP) is 2.95. The molecular weight excluding hydrogens is 422 g/mol. The van der Waals surface area contributed by atoms with Crippen molar-refractivity contribution >= 4 is 11.7 Å². The number of ketones is 1. The molecule has 3 saturated heterocycles. The number of rotatable bonds is 7. The standard InChI is InChI=1S/C26H33NO6/c1-16(2)22-24(30)21(26(31)27(22)4)18(28)13-11-9-7-5-6-8-10-12-14-19-23(29)25-20(33-19)15-17(3)32-25/h5-14,16-17,19-20,22-23,25,28-29H,15H2,1-4H3/b6-5+,9-7+,10-8-,13-11+,14-12+,21-18-. The maximum absolute atomic E-state index is 12.5. The molecule has 3 aliphatic heterocycles. The van der Waals surface area contributed by atoms with Gasteiger partial charge in [-0.2, -0.15) is 0 Å². The van der Waals surface area contributed by atoms with Crippen LogP contribution >= 0.6 is 0 Å². The van der Waals surface area contributed by atoms with Crippen LogP contribution in [0.3, 0.4) is 0 Å². The molecule has 0 bridgehead atoms. The van der Waals surface area contributed by atoms with Gasteiger partial charge in [-0.05, 0) is 18.9 Å². The van der Waals surface area contributed by atoms with E-state index in [2.05, 4.69) is 0 Å². The minimum atomic E-state index is -0.646. The van der Waals surface area contributed by atoms with E-state index in [1.165, 1.54) is 11.0 Å². The lowest BCUT2D eigenvalue weighted by Gasteiger charge is -2.20. The van der Waals surface area contributed by atoms with Gasteiger partial charge in [-0.25, -0.2) is 0 Å². The number of amides is 1. The second-order valence-electron chi connectivity index (χ2n) is 8.90. The highest BCUT2D eigenvalue weighted by atomic mass is 16.6. The molecule has 0 aromatic rings. The molecule has 0 spiro atoms. The molecule has 0 aliphatic carbocycles. The Balaban J connectivity index is 1.46. The summed E-state index contributed by atoms with van der Waals surface area (Å²) < 4.78 is 11.5. The van der Waals surface area contributed by atoms with Crippen LogP contribution < -0.4 is 0 Å². The molecule has 3 rings (SSSR count). The third-order valence-corrected chi connectivity index (χ3v) is 6.01. The molecule has 0 aromatic carbocycles. The molecule has 3 heterocycles. The monoisotopic (exact) mass is 455 g/mol. The Morgan fingerprint density at radius 1 is 1.03 bits per heavy atom. The lowest BCUT2D eigenvalue weighted by molar-refractivity contribution is -0.126. The minimum Gasteiger partial charge on any atom is -0.507 e. The molecule has 6 atom stereocenters. The molecule has 3 aliphatic rings. The van der Waals surface area contributed by atoms with Crippen molar-refractivity contribution in [3.8, 4) is 0 Å². The number of allylic oxidation sites excluding steroid dienone is 9. The highest BCUT2D eigenvalue weighted by Crippen LogP contribution is 2.34. The number of fused-ring (bicyclic) bond motifs is 1. The molecule has 1 amide bonds. The number of nitrogens with zero attached hydrogens (tertiary/aromatic N) is 1. The van der Waals surface area contributed by atoms with Gasteiger partial charge in [-0.15, -0.1) is 0 Å². The van der Waals surface area contributed by atoms with Crippen molar-refractivity contribution in [3.05, 3.63) is 72.1 Å². The predicted molar refractivity (Wildman–Crippen MR) is 125 cm³/mol. The smallest absolute Gasteiger partial charge is 0.261 e. The van der Waals surface area contributed by atoms with Crippen molar-refractivity contribution in [2.75, 3.05) is 7.05 Å². The summed E-state index contributed by atoms with van der Waals surface area (Å²) in [5.74, 6) is -1.15. The fraction of sp³-hybridized carbons (Fsp3) is 0.462. The molecule has 2 N–H and O–H groups in total. The van der Waals surface area contributed by atoms with E-state index in [0.29, 0.717) is 0 Å². The van der Waals surface area contributed by atoms with Gasteiger partial charge in [0.2, 0.25) is 0 Å². The van der Waals surface area contributed by atoms with Crippen molar-refractivity contribution in [1.82, 2.24) is 4.90 Å². The lowest BCUT2D eigenvalue weighted by atomic mass is 9.98.